The van der Waals surface area contributed by atoms with E-state index in [9.17, 15) is 4.79 Å². The summed E-state index contributed by atoms with van der Waals surface area (Å²) in [7, 11) is 1.60. The Bertz CT molecular complexity index is 400. The van der Waals surface area contributed by atoms with Gasteiger partial charge in [0.05, 0.1) is 19.8 Å². The van der Waals surface area contributed by atoms with E-state index in [2.05, 4.69) is 0 Å². The number of nitrogens with zero attached hydrogens (tertiary/aromatic N) is 1. The first kappa shape index (κ1) is 15.8. The second kappa shape index (κ2) is 8.74. The SMILES string of the molecule is COCCOCCN(CC(=O)O)c1cccc(Cl)c1. The van der Waals surface area contributed by atoms with Crippen LogP contribution in [0, 0.1) is 0 Å². The number of ether oxygens (including phenoxy) is 2. The minimum Gasteiger partial charge on any atom is -0.480 e. The second-order valence-corrected chi connectivity index (χ2v) is 4.34. The zero-order valence-corrected chi connectivity index (χ0v) is 11.6. The van der Waals surface area contributed by atoms with Crippen LogP contribution in [-0.4, -0.2) is 51.1 Å². The number of rotatable bonds is 9. The van der Waals surface area contributed by atoms with Crippen molar-refractivity contribution in [2.45, 2.75) is 0 Å². The van der Waals surface area contributed by atoms with Crippen LogP contribution in [0.15, 0.2) is 24.3 Å². The van der Waals surface area contributed by atoms with Crippen molar-refractivity contribution < 1.29 is 19.4 Å². The first-order valence-corrected chi connectivity index (χ1v) is 6.30. The Morgan fingerprint density at radius 2 is 2.16 bits per heavy atom. The molecule has 0 aromatic heterocycles. The first-order valence-electron chi connectivity index (χ1n) is 5.92. The third kappa shape index (κ3) is 6.42. The number of anilines is 1. The van der Waals surface area contributed by atoms with E-state index in [1.165, 1.54) is 0 Å². The van der Waals surface area contributed by atoms with E-state index in [1.807, 2.05) is 6.07 Å². The molecule has 0 aliphatic carbocycles. The fourth-order valence-electron chi connectivity index (χ4n) is 1.55. The molecule has 0 bridgehead atoms. The standard InChI is InChI=1S/C13H18ClNO4/c1-18-7-8-19-6-5-15(10-13(16)17)12-4-2-3-11(14)9-12/h2-4,9H,5-8,10H2,1H3,(H,16,17). The van der Waals surface area contributed by atoms with Crippen molar-refractivity contribution >= 4 is 23.3 Å². The van der Waals surface area contributed by atoms with Gasteiger partial charge in [-0.1, -0.05) is 17.7 Å². The van der Waals surface area contributed by atoms with Crippen LogP contribution in [0.1, 0.15) is 0 Å². The molecule has 0 fully saturated rings. The van der Waals surface area contributed by atoms with Gasteiger partial charge in [-0.2, -0.15) is 0 Å². The summed E-state index contributed by atoms with van der Waals surface area (Å²) in [5.41, 5.74) is 0.769. The topological polar surface area (TPSA) is 59.0 Å². The highest BCUT2D eigenvalue weighted by atomic mass is 35.5. The normalized spacial score (nSPS) is 10.4. The molecule has 0 saturated carbocycles. The number of methoxy groups -OCH3 is 1. The Labute approximate surface area is 117 Å². The average Bonchev–Trinajstić information content (AvgIpc) is 2.36. The lowest BCUT2D eigenvalue weighted by Crippen LogP contribution is -2.33. The molecule has 1 aromatic carbocycles. The number of hydrogen-bond acceptors (Lipinski definition) is 4. The molecule has 0 radical (unpaired) electrons. The van der Waals surface area contributed by atoms with Crippen molar-refractivity contribution in [2.75, 3.05) is 44.9 Å². The zero-order chi connectivity index (χ0) is 14.1. The average molecular weight is 288 g/mol. The van der Waals surface area contributed by atoms with Crippen molar-refractivity contribution in [3.63, 3.8) is 0 Å². The van der Waals surface area contributed by atoms with Crippen LogP contribution in [0.25, 0.3) is 0 Å². The van der Waals surface area contributed by atoms with E-state index in [-0.39, 0.29) is 6.54 Å². The molecule has 0 spiro atoms. The molecule has 0 saturated heterocycles. The fourth-order valence-corrected chi connectivity index (χ4v) is 1.74. The molecule has 1 rings (SSSR count). The van der Waals surface area contributed by atoms with Crippen LogP contribution >= 0.6 is 11.6 Å². The van der Waals surface area contributed by atoms with Gasteiger partial charge >= 0.3 is 5.97 Å². The van der Waals surface area contributed by atoms with E-state index >= 15 is 0 Å². The van der Waals surface area contributed by atoms with E-state index in [0.717, 1.165) is 5.69 Å². The lowest BCUT2D eigenvalue weighted by Gasteiger charge is -2.23. The summed E-state index contributed by atoms with van der Waals surface area (Å²) in [6, 6.07) is 7.10. The summed E-state index contributed by atoms with van der Waals surface area (Å²) in [6.45, 7) is 1.84. The van der Waals surface area contributed by atoms with Gasteiger partial charge in [0.15, 0.2) is 0 Å². The molecule has 5 nitrogen and oxygen atoms in total. The molecule has 6 heteroatoms. The maximum Gasteiger partial charge on any atom is 0.323 e. The number of carboxylic acids is 1. The van der Waals surface area contributed by atoms with Crippen LogP contribution in [0.3, 0.4) is 0 Å². The molecule has 0 unspecified atom stereocenters. The van der Waals surface area contributed by atoms with Crippen molar-refractivity contribution in [1.29, 1.82) is 0 Å². The highest BCUT2D eigenvalue weighted by Gasteiger charge is 2.10. The summed E-state index contributed by atoms with van der Waals surface area (Å²) >= 11 is 5.91. The van der Waals surface area contributed by atoms with Gasteiger partial charge in [-0.05, 0) is 18.2 Å². The molecule has 106 valence electrons. The van der Waals surface area contributed by atoms with E-state index in [0.29, 0.717) is 31.4 Å². The fraction of sp³-hybridized carbons (Fsp3) is 0.462. The smallest absolute Gasteiger partial charge is 0.323 e. The van der Waals surface area contributed by atoms with Gasteiger partial charge in [-0.3, -0.25) is 4.79 Å². The third-order valence-electron chi connectivity index (χ3n) is 2.44. The Balaban J connectivity index is 2.54. The van der Waals surface area contributed by atoms with Crippen LogP contribution in [-0.2, 0) is 14.3 Å². The van der Waals surface area contributed by atoms with Gasteiger partial charge in [0.25, 0.3) is 0 Å². The molecular formula is C13H18ClNO4. The predicted octanol–water partition coefficient (Wildman–Crippen LogP) is 1.89. The largest absolute Gasteiger partial charge is 0.480 e. The molecule has 19 heavy (non-hydrogen) atoms. The number of carboxylic acid groups (broad SMARTS) is 1. The summed E-state index contributed by atoms with van der Waals surface area (Å²) in [5, 5.41) is 9.50. The third-order valence-corrected chi connectivity index (χ3v) is 2.67. The van der Waals surface area contributed by atoms with Gasteiger partial charge in [0.2, 0.25) is 0 Å². The Hall–Kier alpha value is -1.30. The van der Waals surface area contributed by atoms with Gasteiger partial charge in [-0.15, -0.1) is 0 Å². The lowest BCUT2D eigenvalue weighted by atomic mass is 10.3. The highest BCUT2D eigenvalue weighted by molar-refractivity contribution is 6.30. The Morgan fingerprint density at radius 3 is 2.79 bits per heavy atom. The minimum absolute atomic E-state index is 0.0893. The zero-order valence-electron chi connectivity index (χ0n) is 10.8. The van der Waals surface area contributed by atoms with Crippen LogP contribution in [0.5, 0.6) is 0 Å². The molecule has 0 heterocycles. The Morgan fingerprint density at radius 1 is 1.37 bits per heavy atom. The number of hydrogen-bond donors (Lipinski definition) is 1. The summed E-state index contributed by atoms with van der Waals surface area (Å²) in [6.07, 6.45) is 0. The van der Waals surface area contributed by atoms with E-state index in [1.54, 1.807) is 30.2 Å². The molecule has 1 N–H and O–H groups in total. The first-order chi connectivity index (χ1) is 9.13. The summed E-state index contributed by atoms with van der Waals surface area (Å²) in [5.74, 6) is -0.892. The van der Waals surface area contributed by atoms with Gasteiger partial charge in [0.1, 0.15) is 6.54 Å². The molecule has 1 aromatic rings. The second-order valence-electron chi connectivity index (χ2n) is 3.90. The molecule has 0 aliphatic heterocycles. The monoisotopic (exact) mass is 287 g/mol. The van der Waals surface area contributed by atoms with Gasteiger partial charge in [-0.25, -0.2) is 0 Å². The molecular weight excluding hydrogens is 270 g/mol. The molecule has 0 aliphatic rings. The van der Waals surface area contributed by atoms with E-state index < -0.39 is 5.97 Å². The van der Waals surface area contributed by atoms with Crippen molar-refractivity contribution in [3.8, 4) is 0 Å². The quantitative estimate of drug-likeness (QED) is 0.703. The Kier molecular flexibility index (Phi) is 7.25. The highest BCUT2D eigenvalue weighted by Crippen LogP contribution is 2.19. The van der Waals surface area contributed by atoms with Gasteiger partial charge in [0, 0.05) is 24.4 Å². The number of aliphatic carboxylic acids is 1. The van der Waals surface area contributed by atoms with Crippen LogP contribution < -0.4 is 4.90 Å². The molecule has 0 atom stereocenters. The van der Waals surface area contributed by atoms with Crippen LogP contribution in [0.2, 0.25) is 5.02 Å². The summed E-state index contributed by atoms with van der Waals surface area (Å²) in [4.78, 5) is 12.6. The lowest BCUT2D eigenvalue weighted by molar-refractivity contribution is -0.135. The van der Waals surface area contributed by atoms with Crippen molar-refractivity contribution in [2.24, 2.45) is 0 Å². The van der Waals surface area contributed by atoms with Gasteiger partial charge < -0.3 is 19.5 Å². The number of benzene rings is 1. The van der Waals surface area contributed by atoms with Crippen LogP contribution in [0.4, 0.5) is 5.69 Å². The maximum absolute atomic E-state index is 10.9. The number of halogens is 1. The van der Waals surface area contributed by atoms with Crippen molar-refractivity contribution in [1.82, 2.24) is 0 Å². The van der Waals surface area contributed by atoms with Crippen molar-refractivity contribution in [3.05, 3.63) is 29.3 Å². The molecule has 0 amide bonds. The predicted molar refractivity (Wildman–Crippen MR) is 74.0 cm³/mol. The summed E-state index contributed by atoms with van der Waals surface area (Å²) < 4.78 is 10.2. The minimum atomic E-state index is -0.892. The van der Waals surface area contributed by atoms with E-state index in [4.69, 9.17) is 26.2 Å². The maximum atomic E-state index is 10.9. The number of carbonyl (C=O) groups is 1.